The van der Waals surface area contributed by atoms with Gasteiger partial charge < -0.3 is 5.11 Å². The Morgan fingerprint density at radius 2 is 1.41 bits per heavy atom. The molecule has 0 saturated heterocycles. The van der Waals surface area contributed by atoms with E-state index in [1.807, 2.05) is 85.1 Å². The topological polar surface area (TPSA) is 50.9 Å². The average Bonchev–Trinajstić information content (AvgIpc) is 3.64. The fraction of sp³-hybridized carbons (Fsp3) is 0.222. The van der Waals surface area contributed by atoms with Crippen LogP contribution in [0.4, 0.5) is 0 Å². The summed E-state index contributed by atoms with van der Waals surface area (Å²) in [7, 11) is 0. The number of nitrogens with zero attached hydrogens (tertiary/aromatic N) is 3. The summed E-state index contributed by atoms with van der Waals surface area (Å²) in [5.74, 6) is -0.306. The Morgan fingerprint density at radius 3 is 2.12 bits per heavy atom. The van der Waals surface area contributed by atoms with Gasteiger partial charge in [0.25, 0.3) is 0 Å². The molecule has 2 heterocycles. The van der Waals surface area contributed by atoms with Crippen LogP contribution in [0, 0.1) is 19.8 Å². The Balaban J connectivity index is 0.00000648. The van der Waals surface area contributed by atoms with E-state index in [1.165, 1.54) is 0 Å². The molecule has 6 aromatic carbocycles. The zero-order chi connectivity index (χ0) is 46.8. The van der Waals surface area contributed by atoms with Crippen molar-refractivity contribution in [2.24, 2.45) is 0 Å². The van der Waals surface area contributed by atoms with Gasteiger partial charge in [0.05, 0.1) is 22.3 Å². The predicted molar refractivity (Wildman–Crippen MR) is 243 cm³/mol. The van der Waals surface area contributed by atoms with Crippen molar-refractivity contribution < 1.29 is 35.8 Å². The van der Waals surface area contributed by atoms with E-state index < -0.39 is 19.6 Å². The smallest absolute Gasteiger partial charge is 0.148 e. The minimum atomic E-state index is -2.55. The minimum absolute atomic E-state index is 0. The average molecular weight is 961 g/mol. The molecule has 0 bridgehead atoms. The maximum absolute atomic E-state index is 11.4. The second kappa shape index (κ2) is 16.6. The first-order valence-electron chi connectivity index (χ1n) is 23.2. The van der Waals surface area contributed by atoms with E-state index in [4.69, 9.17) is 19.6 Å². The van der Waals surface area contributed by atoms with Gasteiger partial charge in [0.15, 0.2) is 0 Å². The molecule has 0 aliphatic heterocycles. The number of hydrogen-bond acceptors (Lipinski definition) is 3. The Bertz CT molecular complexity index is 3080. The standard InChI is InChI=1S/C54H52N3O.Pt/c1-33(2)40-26-41(34(3)4)28-42(27-40)38-21-22-49(36(6)25-38)57-50-15-12-14-46(52(50)56-53(57)47-13-10-11-16-51(47)58)43-29-44(31-45(30-43)54(7,8)9)48-32-39(23-24-55-48)37-19-17-35(5)18-20-37;/h10-28,30-34,58H,1-9H3;/q-1;/i5D3,6D3,33D;. The number of aromatic hydroxyl groups is 1. The zero-order valence-electron chi connectivity index (χ0n) is 41.4. The molecule has 1 N–H and O–H groups in total. The Kier molecular flexibility index (Phi) is 9.36. The third kappa shape index (κ3) is 8.34. The Labute approximate surface area is 374 Å². The molecule has 5 heteroatoms. The number of imidazole rings is 1. The molecule has 0 unspecified atom stereocenters. The van der Waals surface area contributed by atoms with E-state index in [0.29, 0.717) is 39.4 Å². The van der Waals surface area contributed by atoms with Gasteiger partial charge in [-0.2, -0.15) is 0 Å². The molecule has 0 aliphatic rings. The van der Waals surface area contributed by atoms with Gasteiger partial charge in [0, 0.05) is 42.6 Å². The van der Waals surface area contributed by atoms with Crippen molar-refractivity contribution in [1.82, 2.24) is 14.5 Å². The van der Waals surface area contributed by atoms with Gasteiger partial charge in [0.1, 0.15) is 11.6 Å². The molecule has 8 aromatic rings. The molecule has 300 valence electrons. The van der Waals surface area contributed by atoms with Crippen molar-refractivity contribution >= 4 is 11.0 Å². The molecule has 8 rings (SSSR count). The fourth-order valence-corrected chi connectivity index (χ4v) is 7.46. The number of benzene rings is 6. The maximum Gasteiger partial charge on any atom is 0.148 e. The Morgan fingerprint density at radius 1 is 0.695 bits per heavy atom. The van der Waals surface area contributed by atoms with Gasteiger partial charge in [-0.3, -0.25) is 9.55 Å². The molecule has 0 amide bonds. The van der Waals surface area contributed by atoms with Crippen molar-refractivity contribution in [1.29, 1.82) is 0 Å². The zero-order valence-corrected chi connectivity index (χ0v) is 36.7. The van der Waals surface area contributed by atoms with Crippen molar-refractivity contribution in [3.05, 3.63) is 167 Å². The summed E-state index contributed by atoms with van der Waals surface area (Å²) >= 11 is 0. The van der Waals surface area contributed by atoms with E-state index in [0.717, 1.165) is 50.1 Å². The normalized spacial score (nSPS) is 14.1. The fourth-order valence-electron chi connectivity index (χ4n) is 7.46. The molecule has 0 saturated carbocycles. The van der Waals surface area contributed by atoms with Gasteiger partial charge >= 0.3 is 0 Å². The summed E-state index contributed by atoms with van der Waals surface area (Å²) in [5, 5.41) is 11.4. The molecule has 0 radical (unpaired) electrons. The van der Waals surface area contributed by atoms with Gasteiger partial charge in [-0.05, 0) is 106 Å². The van der Waals surface area contributed by atoms with E-state index in [1.54, 1.807) is 42.6 Å². The number of rotatable bonds is 8. The van der Waals surface area contributed by atoms with Crippen LogP contribution in [-0.4, -0.2) is 19.6 Å². The van der Waals surface area contributed by atoms with Crippen LogP contribution in [0.2, 0.25) is 0 Å². The molecule has 0 fully saturated rings. The number of para-hydroxylation sites is 2. The first-order chi connectivity index (χ1) is 30.5. The monoisotopic (exact) mass is 960 g/mol. The van der Waals surface area contributed by atoms with Gasteiger partial charge in [-0.15, -0.1) is 29.3 Å². The summed E-state index contributed by atoms with van der Waals surface area (Å²) in [6.07, 6.45) is 1.74. The maximum atomic E-state index is 11.4. The number of aryl methyl sites for hydroxylation is 2. The first-order valence-corrected chi connectivity index (χ1v) is 19.7. The molecule has 0 spiro atoms. The number of aromatic nitrogens is 3. The largest absolute Gasteiger partial charge is 0.507 e. The van der Waals surface area contributed by atoms with Crippen molar-refractivity contribution in [2.45, 2.75) is 79.4 Å². The van der Waals surface area contributed by atoms with Crippen molar-refractivity contribution in [3.63, 3.8) is 0 Å². The molecule has 0 atom stereocenters. The van der Waals surface area contributed by atoms with Crippen LogP contribution in [0.3, 0.4) is 0 Å². The molecular weight excluding hydrogens is 902 g/mol. The summed E-state index contributed by atoms with van der Waals surface area (Å²) in [5.41, 5.74) is 11.3. The summed E-state index contributed by atoms with van der Waals surface area (Å²) < 4.78 is 60.8. The summed E-state index contributed by atoms with van der Waals surface area (Å²) in [6, 6.07) is 42.9. The van der Waals surface area contributed by atoms with Crippen molar-refractivity contribution in [3.8, 4) is 67.5 Å². The quantitative estimate of drug-likeness (QED) is 0.154. The van der Waals surface area contributed by atoms with Crippen LogP contribution in [0.1, 0.15) is 97.7 Å². The van der Waals surface area contributed by atoms with Gasteiger partial charge in [-0.1, -0.05) is 144 Å². The molecule has 2 aromatic heterocycles. The van der Waals surface area contributed by atoms with Gasteiger partial charge in [0.2, 0.25) is 0 Å². The van der Waals surface area contributed by atoms with E-state index >= 15 is 0 Å². The first kappa shape index (κ1) is 33.3. The second-order valence-electron chi connectivity index (χ2n) is 16.6. The minimum Gasteiger partial charge on any atom is -0.507 e. The second-order valence-corrected chi connectivity index (χ2v) is 16.6. The van der Waals surface area contributed by atoms with Crippen LogP contribution < -0.4 is 0 Å². The van der Waals surface area contributed by atoms with Crippen LogP contribution >= 0.6 is 0 Å². The Hall–Kier alpha value is -5.57. The predicted octanol–water partition coefficient (Wildman–Crippen LogP) is 14.4. The molecule has 59 heavy (non-hydrogen) atoms. The van der Waals surface area contributed by atoms with Crippen LogP contribution in [0.5, 0.6) is 5.75 Å². The number of pyridine rings is 1. The molecular formula is C54H52N3OPt-. The summed E-state index contributed by atoms with van der Waals surface area (Å²) in [4.78, 5) is 10.0. The number of phenolic OH excluding ortho intramolecular Hbond substituents is 1. The van der Waals surface area contributed by atoms with E-state index in [9.17, 15) is 5.11 Å². The number of hydrogen-bond donors (Lipinski definition) is 1. The van der Waals surface area contributed by atoms with Crippen molar-refractivity contribution in [2.75, 3.05) is 0 Å². The third-order valence-electron chi connectivity index (χ3n) is 10.9. The summed E-state index contributed by atoms with van der Waals surface area (Å²) in [6.45, 7) is 9.60. The molecule has 4 nitrogen and oxygen atoms in total. The van der Waals surface area contributed by atoms with E-state index in [-0.39, 0.29) is 49.3 Å². The third-order valence-corrected chi connectivity index (χ3v) is 10.9. The SMILES string of the molecule is [2H]C([2H])([2H])c1ccc(-c2ccnc(-c3[c-]c(-c4cccc5c4nc(-c4ccccc4O)n5-c4ccc(-c5cc(C(C)C)cc(C([2H])(C)C)c5)cc4C([2H])([2H])[2H])cc(C(C)(C)C)c3)c2)cc1.[Pt]. The number of fused-ring (bicyclic) bond motifs is 1. The van der Waals surface area contributed by atoms with Gasteiger partial charge in [-0.25, -0.2) is 4.98 Å². The molecule has 0 aliphatic carbocycles. The van der Waals surface area contributed by atoms with Crippen LogP contribution in [0.25, 0.3) is 72.7 Å². The van der Waals surface area contributed by atoms with E-state index in [2.05, 4.69) is 65.0 Å². The van der Waals surface area contributed by atoms with Crippen LogP contribution in [0.15, 0.2) is 134 Å². The number of phenols is 1. The van der Waals surface area contributed by atoms with Crippen LogP contribution in [-0.2, 0) is 26.5 Å².